The molecule has 5 rings (SSSR count). The van der Waals surface area contributed by atoms with Crippen LogP contribution < -0.4 is 10.6 Å². The molecule has 0 unspecified atom stereocenters. The van der Waals surface area contributed by atoms with Gasteiger partial charge in [-0.05, 0) is 50.2 Å². The molecule has 0 atom stereocenters. The Labute approximate surface area is 307 Å². The van der Waals surface area contributed by atoms with Gasteiger partial charge in [-0.25, -0.2) is 19.2 Å². The smallest absolute Gasteiger partial charge is 0.407 e. The molecule has 0 spiro atoms. The number of nitrogens with one attached hydrogen (secondary N) is 2. The molecule has 0 saturated carbocycles. The zero-order valence-corrected chi connectivity index (χ0v) is 29.9. The zero-order valence-electron chi connectivity index (χ0n) is 28.2. The minimum atomic E-state index is -0.640. The van der Waals surface area contributed by atoms with Crippen LogP contribution in [0.5, 0.6) is 0 Å². The molecule has 0 radical (unpaired) electrons. The molecule has 52 heavy (non-hydrogen) atoms. The predicted molar refractivity (Wildman–Crippen MR) is 191 cm³/mol. The fourth-order valence-electron chi connectivity index (χ4n) is 5.12. The number of alkyl carbamates (subject to hydrolysis) is 2. The third-order valence-corrected chi connectivity index (χ3v) is 9.66. The summed E-state index contributed by atoms with van der Waals surface area (Å²) in [4.78, 5) is 79.3. The van der Waals surface area contributed by atoms with Crippen molar-refractivity contribution in [3.63, 3.8) is 0 Å². The monoisotopic (exact) mass is 742 g/mol. The van der Waals surface area contributed by atoms with E-state index in [1.807, 2.05) is 0 Å². The second-order valence-electron chi connectivity index (χ2n) is 10.8. The van der Waals surface area contributed by atoms with E-state index >= 15 is 0 Å². The molecule has 2 N–H and O–H groups in total. The summed E-state index contributed by atoms with van der Waals surface area (Å²) in [5.41, 5.74) is 1.32. The van der Waals surface area contributed by atoms with Gasteiger partial charge in [-0.3, -0.25) is 9.59 Å². The normalized spacial score (nSPS) is 11.5. The standard InChI is InChI=1S/C38H34N2O10S2/c1-3-39-37(45)49-21-19-47-35(43)23-11-5-7-15-27(23)51-29-17-9-13-25-31(29)33(41)26-14-10-18-30(32(26)34(25)42)52-28-16-8-6-12-24(28)36(44)48-20-22-50-38(46)40-4-2/h5-18H,3-4,19-22H2,1-2H3,(H,39,45)(H,40,46). The molecule has 268 valence electrons. The predicted octanol–water partition coefficient (Wildman–Crippen LogP) is 6.57. The second-order valence-corrected chi connectivity index (χ2v) is 13.0. The highest BCUT2D eigenvalue weighted by molar-refractivity contribution is 7.99. The number of esters is 2. The van der Waals surface area contributed by atoms with E-state index in [-0.39, 0.29) is 71.4 Å². The van der Waals surface area contributed by atoms with Crippen molar-refractivity contribution in [3.05, 3.63) is 118 Å². The average molecular weight is 743 g/mol. The Morgan fingerprint density at radius 1 is 0.500 bits per heavy atom. The Hall–Kier alpha value is -5.60. The molecule has 2 amide bonds. The summed E-state index contributed by atoms with van der Waals surface area (Å²) in [5.74, 6) is -2.01. The Kier molecular flexibility index (Phi) is 13.1. The number of fused-ring (bicyclic) bond motifs is 2. The minimum absolute atomic E-state index is 0.124. The van der Waals surface area contributed by atoms with Crippen LogP contribution in [0.1, 0.15) is 66.4 Å². The molecule has 0 heterocycles. The topological polar surface area (TPSA) is 163 Å². The average Bonchev–Trinajstić information content (AvgIpc) is 3.14. The first-order valence-electron chi connectivity index (χ1n) is 16.3. The molecule has 0 bridgehead atoms. The van der Waals surface area contributed by atoms with Crippen LogP contribution in [-0.4, -0.2) is 75.2 Å². The van der Waals surface area contributed by atoms with E-state index in [1.54, 1.807) is 98.8 Å². The minimum Gasteiger partial charge on any atom is -0.458 e. The summed E-state index contributed by atoms with van der Waals surface area (Å²) in [6.07, 6.45) is -1.23. The van der Waals surface area contributed by atoms with E-state index in [2.05, 4.69) is 10.6 Å². The first-order valence-corrected chi connectivity index (χ1v) is 17.9. The lowest BCUT2D eigenvalue weighted by atomic mass is 9.84. The fourth-order valence-corrected chi connectivity index (χ4v) is 7.31. The van der Waals surface area contributed by atoms with Crippen LogP contribution in [0.15, 0.2) is 105 Å². The van der Waals surface area contributed by atoms with E-state index in [0.29, 0.717) is 32.7 Å². The van der Waals surface area contributed by atoms with Crippen molar-refractivity contribution in [2.75, 3.05) is 39.5 Å². The van der Waals surface area contributed by atoms with Gasteiger partial charge < -0.3 is 29.6 Å². The molecule has 0 aliphatic heterocycles. The van der Waals surface area contributed by atoms with Crippen LogP contribution in [0.4, 0.5) is 9.59 Å². The van der Waals surface area contributed by atoms with Gasteiger partial charge in [0.05, 0.1) is 11.1 Å². The van der Waals surface area contributed by atoms with Crippen molar-refractivity contribution in [1.82, 2.24) is 10.6 Å². The maximum Gasteiger partial charge on any atom is 0.407 e. The van der Waals surface area contributed by atoms with Crippen LogP contribution >= 0.6 is 23.5 Å². The number of hydrogen-bond acceptors (Lipinski definition) is 12. The third kappa shape index (κ3) is 9.00. The SMILES string of the molecule is CCNC(=O)OCCOC(=O)c1ccccc1Sc1cccc2c1C(=O)c1cccc(Sc3ccccc3C(=O)OCCOC(=O)NCC)c1C2=O. The van der Waals surface area contributed by atoms with Gasteiger partial charge in [0.1, 0.15) is 26.4 Å². The number of carbonyl (C=O) groups excluding carboxylic acids is 6. The van der Waals surface area contributed by atoms with Gasteiger partial charge >= 0.3 is 24.1 Å². The van der Waals surface area contributed by atoms with E-state index in [1.165, 1.54) is 0 Å². The molecule has 1 aliphatic rings. The lowest BCUT2D eigenvalue weighted by Crippen LogP contribution is -2.25. The molecule has 0 saturated heterocycles. The summed E-state index contributed by atoms with van der Waals surface area (Å²) < 4.78 is 20.6. The zero-order chi connectivity index (χ0) is 37.0. The molecular weight excluding hydrogens is 709 g/mol. The lowest BCUT2D eigenvalue weighted by Gasteiger charge is -2.22. The van der Waals surface area contributed by atoms with E-state index in [4.69, 9.17) is 18.9 Å². The largest absolute Gasteiger partial charge is 0.458 e. The molecule has 4 aromatic carbocycles. The van der Waals surface area contributed by atoms with Gasteiger partial charge in [0.25, 0.3) is 0 Å². The number of hydrogen-bond donors (Lipinski definition) is 2. The maximum atomic E-state index is 14.1. The Morgan fingerprint density at radius 2 is 0.865 bits per heavy atom. The van der Waals surface area contributed by atoms with Gasteiger partial charge in [-0.1, -0.05) is 72.1 Å². The molecule has 0 fully saturated rings. The second kappa shape index (κ2) is 18.1. The summed E-state index contributed by atoms with van der Waals surface area (Å²) >= 11 is 2.31. The quantitative estimate of drug-likeness (QED) is 0.0716. The van der Waals surface area contributed by atoms with Crippen molar-refractivity contribution >= 4 is 59.2 Å². The van der Waals surface area contributed by atoms with Crippen molar-refractivity contribution in [2.24, 2.45) is 0 Å². The van der Waals surface area contributed by atoms with Gasteiger partial charge in [0.2, 0.25) is 0 Å². The number of amides is 2. The Balaban J connectivity index is 1.34. The first-order chi connectivity index (χ1) is 25.2. The number of rotatable bonds is 14. The first kappa shape index (κ1) is 37.7. The fraction of sp³-hybridized carbons (Fsp3) is 0.211. The van der Waals surface area contributed by atoms with Crippen molar-refractivity contribution < 1.29 is 47.7 Å². The van der Waals surface area contributed by atoms with Gasteiger partial charge in [0, 0.05) is 54.9 Å². The van der Waals surface area contributed by atoms with Crippen molar-refractivity contribution in [1.29, 1.82) is 0 Å². The van der Waals surface area contributed by atoms with E-state index < -0.39 is 24.1 Å². The molecule has 0 aromatic heterocycles. The van der Waals surface area contributed by atoms with Gasteiger partial charge in [-0.2, -0.15) is 0 Å². The van der Waals surface area contributed by atoms with Gasteiger partial charge in [-0.15, -0.1) is 0 Å². The molecule has 4 aromatic rings. The highest BCUT2D eigenvalue weighted by Crippen LogP contribution is 2.42. The van der Waals surface area contributed by atoms with E-state index in [0.717, 1.165) is 23.5 Å². The van der Waals surface area contributed by atoms with E-state index in [9.17, 15) is 28.8 Å². The number of carbonyl (C=O) groups is 6. The summed E-state index contributed by atoms with van der Waals surface area (Å²) in [6, 6.07) is 23.4. The van der Waals surface area contributed by atoms with Crippen LogP contribution in [0.2, 0.25) is 0 Å². The highest BCUT2D eigenvalue weighted by atomic mass is 32.2. The highest BCUT2D eigenvalue weighted by Gasteiger charge is 2.34. The summed E-state index contributed by atoms with van der Waals surface area (Å²) in [6.45, 7) is 3.75. The number of benzene rings is 4. The Bertz CT molecular complexity index is 1870. The van der Waals surface area contributed by atoms with Crippen LogP contribution in [0, 0.1) is 0 Å². The van der Waals surface area contributed by atoms with Crippen LogP contribution in [-0.2, 0) is 18.9 Å². The maximum absolute atomic E-state index is 14.1. The summed E-state index contributed by atoms with van der Waals surface area (Å²) in [7, 11) is 0. The molecular formula is C38H34N2O10S2. The molecule has 12 nitrogen and oxygen atoms in total. The molecule has 1 aliphatic carbocycles. The van der Waals surface area contributed by atoms with Crippen molar-refractivity contribution in [2.45, 2.75) is 33.4 Å². The Morgan fingerprint density at radius 3 is 1.27 bits per heavy atom. The number of ether oxygens (including phenoxy) is 4. The number of ketones is 2. The molecule has 14 heteroatoms. The third-order valence-electron chi connectivity index (χ3n) is 7.39. The van der Waals surface area contributed by atoms with Crippen LogP contribution in [0.25, 0.3) is 0 Å². The summed E-state index contributed by atoms with van der Waals surface area (Å²) in [5, 5.41) is 4.97. The van der Waals surface area contributed by atoms with Crippen LogP contribution in [0.3, 0.4) is 0 Å². The van der Waals surface area contributed by atoms with Crippen molar-refractivity contribution in [3.8, 4) is 0 Å². The lowest BCUT2D eigenvalue weighted by molar-refractivity contribution is 0.0393. The van der Waals surface area contributed by atoms with Gasteiger partial charge in [0.15, 0.2) is 11.6 Å².